The Balaban J connectivity index is 2.48. The van der Waals surface area contributed by atoms with Crippen molar-refractivity contribution in [1.29, 1.82) is 0 Å². The van der Waals surface area contributed by atoms with Gasteiger partial charge in [-0.05, 0) is 20.3 Å². The molecule has 0 N–H and O–H groups in total. The molecule has 0 aromatic carbocycles. The summed E-state index contributed by atoms with van der Waals surface area (Å²) in [5.74, 6) is 0. The number of nitrogens with zero attached hydrogens (tertiary/aromatic N) is 1. The molecule has 0 bridgehead atoms. The van der Waals surface area contributed by atoms with E-state index in [2.05, 4.69) is 12.2 Å². The van der Waals surface area contributed by atoms with E-state index in [9.17, 15) is 0 Å². The lowest BCUT2D eigenvalue weighted by atomic mass is 10.3. The van der Waals surface area contributed by atoms with Crippen molar-refractivity contribution >= 4 is 0 Å². The summed E-state index contributed by atoms with van der Waals surface area (Å²) in [6, 6.07) is 0. The number of rotatable bonds is 2. The van der Waals surface area contributed by atoms with Crippen LogP contribution in [0.1, 0.15) is 20.3 Å². The second-order valence-electron chi connectivity index (χ2n) is 2.21. The number of hydrogen-bond donors (Lipinski definition) is 0. The highest BCUT2D eigenvalue weighted by molar-refractivity contribution is 5.07. The number of hydroxylamine groups is 2. The van der Waals surface area contributed by atoms with Crippen LogP contribution in [0.2, 0.25) is 0 Å². The zero-order chi connectivity index (χ0) is 7.40. The molecule has 0 radical (unpaired) electrons. The lowest BCUT2D eigenvalue weighted by molar-refractivity contribution is -0.0873. The smallest absolute Gasteiger partial charge is 0.0724 e. The van der Waals surface area contributed by atoms with Crippen LogP contribution in [0, 0.1) is 0 Å². The molecule has 0 saturated heterocycles. The fourth-order valence-electron chi connectivity index (χ4n) is 0.887. The average molecular weight is 139 g/mol. The second kappa shape index (κ2) is 3.42. The summed E-state index contributed by atoms with van der Waals surface area (Å²) < 4.78 is 0. The maximum atomic E-state index is 5.27. The van der Waals surface area contributed by atoms with Crippen molar-refractivity contribution in [2.45, 2.75) is 20.3 Å². The van der Waals surface area contributed by atoms with Crippen molar-refractivity contribution in [1.82, 2.24) is 5.06 Å². The molecule has 10 heavy (non-hydrogen) atoms. The largest absolute Gasteiger partial charge is 0.270 e. The first kappa shape index (κ1) is 7.35. The molecule has 0 aromatic heterocycles. The third-order valence-corrected chi connectivity index (χ3v) is 1.41. The average Bonchev–Trinajstić information content (AvgIpc) is 1.94. The summed E-state index contributed by atoms with van der Waals surface area (Å²) in [4.78, 5) is 5.27. The van der Waals surface area contributed by atoms with Crippen LogP contribution in [-0.4, -0.2) is 11.7 Å². The van der Waals surface area contributed by atoms with Crippen LogP contribution < -0.4 is 0 Å². The molecular weight excluding hydrogens is 126 g/mol. The second-order valence-corrected chi connectivity index (χ2v) is 2.21. The van der Waals surface area contributed by atoms with Gasteiger partial charge in [0, 0.05) is 11.9 Å². The highest BCUT2D eigenvalue weighted by atomic mass is 16.7. The highest BCUT2D eigenvalue weighted by Crippen LogP contribution is 2.11. The van der Waals surface area contributed by atoms with Gasteiger partial charge in [-0.25, -0.2) is 5.06 Å². The van der Waals surface area contributed by atoms with Gasteiger partial charge in [-0.3, -0.25) is 4.84 Å². The SMILES string of the molecule is CCON1C=CCC=C1C. The van der Waals surface area contributed by atoms with Crippen molar-refractivity contribution < 1.29 is 4.84 Å². The van der Waals surface area contributed by atoms with Crippen LogP contribution in [0.5, 0.6) is 0 Å². The zero-order valence-corrected chi connectivity index (χ0v) is 6.50. The van der Waals surface area contributed by atoms with Gasteiger partial charge in [-0.15, -0.1) is 0 Å². The summed E-state index contributed by atoms with van der Waals surface area (Å²) in [5.41, 5.74) is 1.17. The molecule has 2 heteroatoms. The lowest BCUT2D eigenvalue weighted by Gasteiger charge is -2.21. The molecule has 1 aliphatic rings. The maximum absolute atomic E-state index is 5.27. The van der Waals surface area contributed by atoms with E-state index in [-0.39, 0.29) is 0 Å². The van der Waals surface area contributed by atoms with Gasteiger partial charge in [0.05, 0.1) is 6.61 Å². The molecule has 0 aromatic rings. The summed E-state index contributed by atoms with van der Waals surface area (Å²) in [7, 11) is 0. The first-order valence-corrected chi connectivity index (χ1v) is 3.60. The van der Waals surface area contributed by atoms with Crippen LogP contribution in [0.3, 0.4) is 0 Å². The van der Waals surface area contributed by atoms with Crippen molar-refractivity contribution in [2.75, 3.05) is 6.61 Å². The minimum absolute atomic E-state index is 0.718. The van der Waals surface area contributed by atoms with Gasteiger partial charge >= 0.3 is 0 Å². The van der Waals surface area contributed by atoms with Gasteiger partial charge in [0.15, 0.2) is 0 Å². The van der Waals surface area contributed by atoms with E-state index in [1.165, 1.54) is 5.70 Å². The summed E-state index contributed by atoms with van der Waals surface area (Å²) in [6.07, 6.45) is 7.19. The quantitative estimate of drug-likeness (QED) is 0.580. The molecule has 0 atom stereocenters. The summed E-state index contributed by atoms with van der Waals surface area (Å²) in [6.45, 7) is 4.74. The predicted molar refractivity (Wildman–Crippen MR) is 41.0 cm³/mol. The molecule has 0 aliphatic carbocycles. The molecule has 0 spiro atoms. The summed E-state index contributed by atoms with van der Waals surface area (Å²) in [5, 5.41) is 1.80. The van der Waals surface area contributed by atoms with E-state index in [4.69, 9.17) is 4.84 Å². The molecular formula is C8H13NO. The molecule has 0 unspecified atom stereocenters. The Labute approximate surface area is 61.7 Å². The van der Waals surface area contributed by atoms with Gasteiger partial charge < -0.3 is 0 Å². The number of hydrogen-bond acceptors (Lipinski definition) is 2. The topological polar surface area (TPSA) is 12.5 Å². The van der Waals surface area contributed by atoms with Gasteiger partial charge in [-0.2, -0.15) is 0 Å². The van der Waals surface area contributed by atoms with E-state index < -0.39 is 0 Å². The van der Waals surface area contributed by atoms with E-state index in [1.807, 2.05) is 20.0 Å². The fraction of sp³-hybridized carbons (Fsp3) is 0.500. The normalized spacial score (nSPS) is 17.4. The van der Waals surface area contributed by atoms with Crippen molar-refractivity contribution in [3.63, 3.8) is 0 Å². The van der Waals surface area contributed by atoms with E-state index >= 15 is 0 Å². The molecule has 0 saturated carbocycles. The molecule has 56 valence electrons. The van der Waals surface area contributed by atoms with Crippen LogP contribution in [0.25, 0.3) is 0 Å². The van der Waals surface area contributed by atoms with Crippen molar-refractivity contribution in [2.24, 2.45) is 0 Å². The molecule has 0 amide bonds. The standard InChI is InChI=1S/C8H13NO/c1-3-10-9-7-5-4-6-8(9)2/h5-7H,3-4H2,1-2H3. The van der Waals surface area contributed by atoms with E-state index in [1.54, 1.807) is 5.06 Å². The molecule has 1 rings (SSSR count). The fourth-order valence-corrected chi connectivity index (χ4v) is 0.887. The van der Waals surface area contributed by atoms with Gasteiger partial charge in [0.25, 0.3) is 0 Å². The molecule has 1 aliphatic heterocycles. The number of allylic oxidation sites excluding steroid dienone is 3. The Kier molecular flexibility index (Phi) is 2.51. The Morgan fingerprint density at radius 2 is 2.50 bits per heavy atom. The molecule has 2 nitrogen and oxygen atoms in total. The van der Waals surface area contributed by atoms with Crippen molar-refractivity contribution in [3.8, 4) is 0 Å². The first-order valence-electron chi connectivity index (χ1n) is 3.60. The Hall–Kier alpha value is -0.760. The third kappa shape index (κ3) is 1.61. The highest BCUT2D eigenvalue weighted by Gasteiger charge is 2.02. The molecule has 0 fully saturated rings. The van der Waals surface area contributed by atoms with Crippen LogP contribution in [-0.2, 0) is 4.84 Å². The first-order chi connectivity index (χ1) is 4.84. The summed E-state index contributed by atoms with van der Waals surface area (Å²) >= 11 is 0. The molecule has 1 heterocycles. The van der Waals surface area contributed by atoms with Gasteiger partial charge in [-0.1, -0.05) is 12.2 Å². The van der Waals surface area contributed by atoms with Crippen LogP contribution in [0.4, 0.5) is 0 Å². The Morgan fingerprint density at radius 3 is 3.10 bits per heavy atom. The van der Waals surface area contributed by atoms with E-state index in [0.29, 0.717) is 0 Å². The minimum atomic E-state index is 0.718. The van der Waals surface area contributed by atoms with Gasteiger partial charge in [0.1, 0.15) is 0 Å². The van der Waals surface area contributed by atoms with Gasteiger partial charge in [0.2, 0.25) is 0 Å². The lowest BCUT2D eigenvalue weighted by Crippen LogP contribution is -2.16. The zero-order valence-electron chi connectivity index (χ0n) is 6.50. The third-order valence-electron chi connectivity index (χ3n) is 1.41. The van der Waals surface area contributed by atoms with Crippen LogP contribution in [0.15, 0.2) is 24.0 Å². The minimum Gasteiger partial charge on any atom is -0.270 e. The maximum Gasteiger partial charge on any atom is 0.0724 e. The Morgan fingerprint density at radius 1 is 1.70 bits per heavy atom. The predicted octanol–water partition coefficient (Wildman–Crippen LogP) is 2.06. The monoisotopic (exact) mass is 139 g/mol. The Bertz CT molecular complexity index is 161. The van der Waals surface area contributed by atoms with E-state index in [0.717, 1.165) is 13.0 Å². The van der Waals surface area contributed by atoms with Crippen molar-refractivity contribution in [3.05, 3.63) is 24.0 Å². The van der Waals surface area contributed by atoms with Crippen LogP contribution >= 0.6 is 0 Å².